The molecule has 0 spiro atoms. The SMILES string of the molecule is C/C1=C2N=C(/C=C3\N/C(=C(/C)C4=NC(C)(C5N=C1[C@](C)(CCC(=O)NCC(C)OP(=O)([O-])OC1C(CO)OC(n6cnc7cc(C)c(C)cc76)C1O)C5CC(N)=O)[C@@](C)(CC(N)=O)[C@@H]4CCC(N)=O)[C@@](C)(CC(N)=O)[C@@H]3CCC(N)=O)C(C)(C)[C@@H]/2CCC(N)=O.O.[Co+2].[OH-]. The monoisotopic (exact) mass is 1360 g/mol. The van der Waals surface area contributed by atoms with Gasteiger partial charge in [0.2, 0.25) is 41.4 Å². The summed E-state index contributed by atoms with van der Waals surface area (Å²) in [5, 5.41) is 28.1. The van der Waals surface area contributed by atoms with Gasteiger partial charge in [0, 0.05) is 131 Å². The Bertz CT molecular complexity index is 3550. The van der Waals surface area contributed by atoms with E-state index in [-0.39, 0.29) is 105 Å². The molecule has 93 heavy (non-hydrogen) atoms. The Hall–Kier alpha value is -6.57. The van der Waals surface area contributed by atoms with Crippen LogP contribution in [0.3, 0.4) is 0 Å². The molecule has 1 aromatic heterocycles. The molecule has 29 nitrogen and oxygen atoms in total. The molecule has 6 aliphatic heterocycles. The van der Waals surface area contributed by atoms with Crippen molar-refractivity contribution in [2.24, 2.45) is 94.7 Å². The summed E-state index contributed by atoms with van der Waals surface area (Å²) in [6, 6.07) is 2.67. The molecule has 1 aromatic carbocycles. The van der Waals surface area contributed by atoms with Crippen molar-refractivity contribution >= 4 is 77.3 Å². The van der Waals surface area contributed by atoms with E-state index in [1.807, 2.05) is 87.4 Å². The minimum Gasteiger partial charge on any atom is -0.870 e. The van der Waals surface area contributed by atoms with Crippen LogP contribution >= 0.6 is 7.82 Å². The van der Waals surface area contributed by atoms with Crippen molar-refractivity contribution in [2.45, 2.75) is 189 Å². The summed E-state index contributed by atoms with van der Waals surface area (Å²) in [5.41, 5.74) is 37.2. The predicted molar refractivity (Wildman–Crippen MR) is 337 cm³/mol. The van der Waals surface area contributed by atoms with E-state index in [4.69, 9.17) is 63.2 Å². The largest absolute Gasteiger partial charge is 2.00 e. The third-order valence-corrected chi connectivity index (χ3v) is 21.7. The number of ether oxygens (including phenoxy) is 1. The van der Waals surface area contributed by atoms with Gasteiger partial charge >= 0.3 is 16.8 Å². The molecule has 2 fully saturated rings. The van der Waals surface area contributed by atoms with Crippen molar-refractivity contribution in [3.8, 4) is 0 Å². The first-order chi connectivity index (χ1) is 41.8. The second-order valence-corrected chi connectivity index (χ2v) is 28.4. The third kappa shape index (κ3) is 14.8. The van der Waals surface area contributed by atoms with Crippen LogP contribution in [0.4, 0.5) is 0 Å². The third-order valence-electron chi connectivity index (χ3n) is 20.6. The molecule has 6 aliphatic rings. The Labute approximate surface area is 550 Å². The number of nitrogens with zero attached hydrogens (tertiary/aromatic N) is 5. The number of nitrogens with two attached hydrogens (primary N) is 6. The van der Waals surface area contributed by atoms with Crippen LogP contribution in [-0.2, 0) is 68.7 Å². The van der Waals surface area contributed by atoms with E-state index in [2.05, 4.69) is 15.6 Å². The minimum atomic E-state index is -5.32. The molecule has 0 saturated carbocycles. The van der Waals surface area contributed by atoms with E-state index < -0.39 is 143 Å². The number of primary amides is 6. The van der Waals surface area contributed by atoms with Gasteiger partial charge in [0.1, 0.15) is 18.3 Å². The van der Waals surface area contributed by atoms with Gasteiger partial charge in [-0.05, 0) is 108 Å². The van der Waals surface area contributed by atoms with Crippen LogP contribution in [-0.4, -0.2) is 138 Å². The molecule has 7 amide bonds. The second kappa shape index (κ2) is 28.8. The van der Waals surface area contributed by atoms with Gasteiger partial charge < -0.3 is 89.4 Å². The quantitative estimate of drug-likeness (QED) is 0.0597. The fraction of sp³-hybridized carbons (Fsp3) is 0.629. The van der Waals surface area contributed by atoms with E-state index >= 15 is 0 Å². The van der Waals surface area contributed by atoms with E-state index in [0.29, 0.717) is 56.4 Å². The molecule has 1 radical (unpaired) electrons. The van der Waals surface area contributed by atoms with Gasteiger partial charge in [-0.3, -0.25) is 53.1 Å². The Morgan fingerprint density at radius 3 is 1.97 bits per heavy atom. The molecule has 2 aromatic rings. The van der Waals surface area contributed by atoms with Crippen molar-refractivity contribution in [3.63, 3.8) is 0 Å². The summed E-state index contributed by atoms with van der Waals surface area (Å²) in [4.78, 5) is 128. The summed E-state index contributed by atoms with van der Waals surface area (Å²) < 4.78 is 31.9. The molecular weight excluding hydrogens is 1270 g/mol. The number of benzene rings is 1. The maximum atomic E-state index is 14.4. The maximum absolute atomic E-state index is 14.4. The number of aryl methyl sites for hydroxylation is 2. The van der Waals surface area contributed by atoms with Crippen molar-refractivity contribution in [1.29, 1.82) is 0 Å². The molecule has 8 bridgehead atoms. The number of imidazole rings is 1. The Balaban J connectivity index is 0.00000523. The van der Waals surface area contributed by atoms with Crippen LogP contribution in [0.2, 0.25) is 0 Å². The number of carbonyl (C=O) groups is 7. The van der Waals surface area contributed by atoms with Gasteiger partial charge in [0.25, 0.3) is 7.82 Å². The summed E-state index contributed by atoms with van der Waals surface area (Å²) >= 11 is 0. The average molecular weight is 1370 g/mol. The van der Waals surface area contributed by atoms with Crippen LogP contribution in [0, 0.1) is 59.2 Å². The van der Waals surface area contributed by atoms with Gasteiger partial charge in [0.15, 0.2) is 6.23 Å². The maximum Gasteiger partial charge on any atom is 2.00 e. The van der Waals surface area contributed by atoms with Crippen LogP contribution < -0.4 is 49.9 Å². The Kier molecular flexibility index (Phi) is 23.9. The number of carbonyl (C=O) groups excluding carboxylic acids is 7. The van der Waals surface area contributed by atoms with Gasteiger partial charge in [-0.2, -0.15) is 0 Å². The van der Waals surface area contributed by atoms with E-state index in [1.165, 1.54) is 17.8 Å². The minimum absolute atomic E-state index is 0. The molecule has 19 N–H and O–H groups in total. The van der Waals surface area contributed by atoms with Gasteiger partial charge in [-0.15, -0.1) is 0 Å². The fourth-order valence-corrected chi connectivity index (χ4v) is 16.6. The molecule has 15 atom stereocenters. The van der Waals surface area contributed by atoms with Crippen molar-refractivity contribution in [3.05, 3.63) is 63.9 Å². The number of phosphoric acid groups is 1. The number of aliphatic hydroxyl groups excluding tert-OH is 2. The number of rotatable bonds is 26. The number of aliphatic hydroxyl groups is 2. The van der Waals surface area contributed by atoms with Gasteiger partial charge in [-0.25, -0.2) is 4.98 Å². The molecule has 31 heteroatoms. The molecule has 7 heterocycles. The van der Waals surface area contributed by atoms with E-state index in [0.717, 1.165) is 11.1 Å². The summed E-state index contributed by atoms with van der Waals surface area (Å²) in [5.74, 6) is -7.24. The number of nitrogens with one attached hydrogen (secondary N) is 2. The molecule has 515 valence electrons. The van der Waals surface area contributed by atoms with Crippen LogP contribution in [0.1, 0.15) is 150 Å². The zero-order valence-corrected chi connectivity index (χ0v) is 56.4. The smallest absolute Gasteiger partial charge is 0.870 e. The standard InChI is InChI=1S/C62H90N13O14P.Co.2H2O/c1-29-20-39-40(21-30(29)2)75(28-70-39)57-52(84)53(41(27-76)87-57)89-90(85,86)88-31(3)26-69-49(83)18-19-59(8)37(22-46(66)80)56-62(11)61(10,25-48(68)82)36(14-17-45(65)79)51(74-62)33(5)55-60(9,24-47(67)81)34(12-15-43(63)77)38(71-55)23-42-58(6,7)35(13-16-44(64)78)50(72-42)32(4)54(59)73-56;;;/h20-21,23,28,31,34-37,41,52-53,56-57,71,76,84H,12-19,22,24-27H2,1-11H3,(H2,63,77)(H2,64,78)(H2,65,79)(H2,66,80)(H2,67,81)(H2,68,82)(H,69,83)(H,85,86);;2*1H2/q;+2;;/p-2/b38-23-,50-32-,55-33-;;;/t31?,34-,35-,36-,37?,41?,52?,53?,56?,57?,59-,60+,61+,62?;;;/m1.../s1. The fourth-order valence-electron chi connectivity index (χ4n) is 15.4. The summed E-state index contributed by atoms with van der Waals surface area (Å²) in [6.07, 6.45) is -4.57. The number of phosphoric ester groups is 1. The van der Waals surface area contributed by atoms with E-state index in [9.17, 15) is 53.2 Å². The van der Waals surface area contributed by atoms with Crippen LogP contribution in [0.5, 0.6) is 0 Å². The normalized spacial score (nSPS) is 33.1. The number of aromatic nitrogens is 2. The molecule has 8 rings (SSSR count). The summed E-state index contributed by atoms with van der Waals surface area (Å²) in [7, 11) is -5.32. The van der Waals surface area contributed by atoms with Gasteiger partial charge in [-0.1, -0.05) is 34.6 Å². The number of hydrogen-bond donors (Lipinski definition) is 10. The number of hydrogen-bond acceptors (Lipinski definition) is 20. The first-order valence-corrected chi connectivity index (χ1v) is 32.0. The predicted octanol–water partition coefficient (Wildman–Crippen LogP) is 1.53. The molecular formula is C62H92CoN13O16P. The molecule has 2 saturated heterocycles. The Morgan fingerprint density at radius 1 is 0.817 bits per heavy atom. The molecule has 9 unspecified atom stereocenters. The summed E-state index contributed by atoms with van der Waals surface area (Å²) in [6.45, 7) is 19.1. The second-order valence-electron chi connectivity index (χ2n) is 27.1. The molecule has 0 aliphatic carbocycles. The zero-order chi connectivity index (χ0) is 66.7. The first kappa shape index (κ1) is 77.1. The number of aliphatic imine (C=N–C) groups is 3. The van der Waals surface area contributed by atoms with Crippen LogP contribution in [0.15, 0.2) is 67.8 Å². The first-order valence-electron chi connectivity index (χ1n) is 30.5. The van der Waals surface area contributed by atoms with Gasteiger partial charge in [0.05, 0.1) is 41.7 Å². The van der Waals surface area contributed by atoms with Crippen LogP contribution in [0.25, 0.3) is 11.0 Å². The van der Waals surface area contributed by atoms with Crippen molar-refractivity contribution in [1.82, 2.24) is 20.2 Å². The Morgan fingerprint density at radius 2 is 1.40 bits per heavy atom. The topological polar surface area (TPSA) is 524 Å². The number of amides is 7. The number of allylic oxidation sites excluding steroid dienone is 6. The average Bonchev–Trinajstić information content (AvgIpc) is 1.53. The zero-order valence-electron chi connectivity index (χ0n) is 54.5. The van der Waals surface area contributed by atoms with Crippen molar-refractivity contribution < 1.29 is 94.7 Å². The number of fused-ring (bicyclic) bond motifs is 7. The van der Waals surface area contributed by atoms with Crippen molar-refractivity contribution in [2.75, 3.05) is 13.2 Å². The van der Waals surface area contributed by atoms with E-state index in [1.54, 1.807) is 0 Å².